The average molecular weight is 602 g/mol. The van der Waals surface area contributed by atoms with E-state index in [1.165, 1.54) is 11.8 Å². The van der Waals surface area contributed by atoms with Gasteiger partial charge in [-0.05, 0) is 73.6 Å². The van der Waals surface area contributed by atoms with Crippen molar-refractivity contribution in [3.63, 3.8) is 0 Å². The van der Waals surface area contributed by atoms with Gasteiger partial charge in [0, 0.05) is 0 Å². The molecule has 4 nitrogen and oxygen atoms in total. The molecule has 0 aromatic heterocycles. The molecule has 193 valence electrons. The molecule has 0 aliphatic heterocycles. The summed E-state index contributed by atoms with van der Waals surface area (Å²) in [5.74, 6) is 3.41. The summed E-state index contributed by atoms with van der Waals surface area (Å²) in [5.41, 5.74) is 9.15. The quantitative estimate of drug-likeness (QED) is 0.310. The van der Waals surface area contributed by atoms with Gasteiger partial charge in [-0.2, -0.15) is 0 Å². The van der Waals surface area contributed by atoms with Crippen LogP contribution in [-0.4, -0.2) is 8.42 Å². The van der Waals surface area contributed by atoms with Gasteiger partial charge in [0.1, 0.15) is 0 Å². The third kappa shape index (κ3) is 9.44. The summed E-state index contributed by atoms with van der Waals surface area (Å²) in [5, 5.41) is 0. The largest absolute Gasteiger partial charge is 3.00 e. The van der Waals surface area contributed by atoms with Crippen LogP contribution in [0.15, 0.2) is 89.8 Å². The third-order valence-corrected chi connectivity index (χ3v) is 7.52. The smallest absolute Gasteiger partial charge is 0.322 e. The molecule has 1 saturated carbocycles. The van der Waals surface area contributed by atoms with Gasteiger partial charge >= 0.3 is 19.5 Å². The van der Waals surface area contributed by atoms with E-state index in [-0.39, 0.29) is 24.4 Å². The Labute approximate surface area is 237 Å². The van der Waals surface area contributed by atoms with Crippen molar-refractivity contribution >= 4 is 10.0 Å². The van der Waals surface area contributed by atoms with E-state index >= 15 is 0 Å². The summed E-state index contributed by atoms with van der Waals surface area (Å²) in [6.07, 6.45) is 8.71. The fraction of sp³-hybridized carbons (Fsp3) is 0.226. The molecule has 0 saturated heterocycles. The van der Waals surface area contributed by atoms with E-state index in [1.54, 1.807) is 24.3 Å². The number of rotatable bonds is 7. The fourth-order valence-electron chi connectivity index (χ4n) is 3.78. The normalized spacial score (nSPS) is 16.3. The number of aryl methyl sites for hydroxylation is 1. The van der Waals surface area contributed by atoms with Crippen LogP contribution in [0.25, 0.3) is 0 Å². The maximum atomic E-state index is 12.9. The zero-order chi connectivity index (χ0) is 26.1. The predicted molar refractivity (Wildman–Crippen MR) is 148 cm³/mol. The topological polar surface area (TPSA) is 72.2 Å². The molecule has 1 aliphatic carbocycles. The summed E-state index contributed by atoms with van der Waals surface area (Å²) in [7, 11) is -3.71. The molecule has 37 heavy (non-hydrogen) atoms. The Hall–Kier alpha value is -1.85. The second kappa shape index (κ2) is 14.9. The molecule has 0 amide bonds. The Kier molecular flexibility index (Phi) is 12.7. The monoisotopic (exact) mass is 602 g/mol. The third-order valence-electron chi connectivity index (χ3n) is 6.06. The van der Waals surface area contributed by atoms with Gasteiger partial charge < -0.3 is 5.73 Å². The molecular formula is C31H36N2O2RuS+3. The van der Waals surface area contributed by atoms with Crippen LogP contribution in [0.2, 0.25) is 0 Å². The van der Waals surface area contributed by atoms with Crippen molar-refractivity contribution in [1.82, 2.24) is 4.72 Å². The second-order valence-electron chi connectivity index (χ2n) is 9.32. The van der Waals surface area contributed by atoms with E-state index in [0.29, 0.717) is 5.92 Å². The summed E-state index contributed by atoms with van der Waals surface area (Å²) in [6.45, 7) is 8.46. The number of nitrogens with two attached hydrogens (primary N) is 1. The van der Waals surface area contributed by atoms with Crippen molar-refractivity contribution in [2.45, 2.75) is 44.7 Å². The summed E-state index contributed by atoms with van der Waals surface area (Å²) in [4.78, 5) is 0.226. The Morgan fingerprint density at radius 2 is 1.19 bits per heavy atom. The van der Waals surface area contributed by atoms with Crippen LogP contribution >= 0.6 is 0 Å². The molecule has 0 unspecified atom stereocenters. The fourth-order valence-corrected chi connectivity index (χ4v) is 5.03. The molecule has 7 radical (unpaired) electrons. The van der Waals surface area contributed by atoms with Crippen molar-refractivity contribution in [2.75, 3.05) is 0 Å². The van der Waals surface area contributed by atoms with Gasteiger partial charge in [0.05, 0.1) is 17.0 Å². The molecular weight excluding hydrogens is 565 g/mol. The van der Waals surface area contributed by atoms with Crippen LogP contribution in [0.3, 0.4) is 0 Å². The molecule has 3 N–H and O–H groups in total. The van der Waals surface area contributed by atoms with E-state index in [2.05, 4.69) is 51.2 Å². The van der Waals surface area contributed by atoms with Gasteiger partial charge in [-0.15, -0.1) is 0 Å². The van der Waals surface area contributed by atoms with Crippen LogP contribution in [-0.2, 0) is 29.5 Å². The van der Waals surface area contributed by atoms with E-state index in [4.69, 9.17) is 5.73 Å². The van der Waals surface area contributed by atoms with Crippen LogP contribution in [0.5, 0.6) is 0 Å². The number of hydrogen-bond acceptors (Lipinski definition) is 3. The van der Waals surface area contributed by atoms with Crippen molar-refractivity contribution in [3.8, 4) is 0 Å². The first-order valence-electron chi connectivity index (χ1n) is 12.2. The number of benzene rings is 3. The summed E-state index contributed by atoms with van der Waals surface area (Å²) >= 11 is 0. The van der Waals surface area contributed by atoms with Crippen molar-refractivity contribution in [1.29, 1.82) is 0 Å². The molecule has 0 bridgehead atoms. The number of hydrogen-bond donors (Lipinski definition) is 2. The summed E-state index contributed by atoms with van der Waals surface area (Å²) in [6, 6.07) is 24.6. The maximum Gasteiger partial charge on any atom is 3.00 e. The predicted octanol–water partition coefficient (Wildman–Crippen LogP) is 6.35. The van der Waals surface area contributed by atoms with E-state index in [9.17, 15) is 8.42 Å². The molecule has 4 rings (SSSR count). The molecule has 0 heterocycles. The second-order valence-corrected chi connectivity index (χ2v) is 11.0. The molecule has 3 aromatic rings. The molecule has 0 spiro atoms. The van der Waals surface area contributed by atoms with Gasteiger partial charge in [0.2, 0.25) is 10.0 Å². The van der Waals surface area contributed by atoms with Gasteiger partial charge in [-0.25, -0.2) is 13.1 Å². The summed E-state index contributed by atoms with van der Waals surface area (Å²) < 4.78 is 28.6. The van der Waals surface area contributed by atoms with E-state index < -0.39 is 22.1 Å². The van der Waals surface area contributed by atoms with Crippen LogP contribution in [0, 0.1) is 50.4 Å². The number of sulfonamides is 1. The van der Waals surface area contributed by atoms with Crippen molar-refractivity contribution < 1.29 is 27.9 Å². The van der Waals surface area contributed by atoms with E-state index in [0.717, 1.165) is 16.7 Å². The molecule has 1 fully saturated rings. The minimum atomic E-state index is -3.71. The van der Waals surface area contributed by atoms with E-state index in [1.807, 2.05) is 67.6 Å². The van der Waals surface area contributed by atoms with Crippen LogP contribution in [0.4, 0.5) is 0 Å². The zero-order valence-electron chi connectivity index (χ0n) is 21.8. The standard InChI is InChI=1S/C21H22N2O2S.C10H14.Ru/c1-16-12-14-19(15-13-16)26(24,25)23-21(18-10-6-3-7-11-18)20(22)17-8-4-2-5-9-17;1-8(2)10-6-4-9(3)5-7-10;/h2-15,20-21,23H,22H2,1H3;4-8H,1-3H3;/q;;+3/t20-,21-;;/m1../s1. The Balaban J connectivity index is 0.000000369. The molecule has 6 heteroatoms. The Morgan fingerprint density at radius 3 is 1.68 bits per heavy atom. The van der Waals surface area contributed by atoms with Gasteiger partial charge in [-0.3, -0.25) is 0 Å². The van der Waals surface area contributed by atoms with Gasteiger partial charge in [-0.1, -0.05) is 99.1 Å². The number of nitrogens with one attached hydrogen (secondary N) is 1. The Morgan fingerprint density at radius 1 is 0.703 bits per heavy atom. The molecule has 2 atom stereocenters. The first-order valence-corrected chi connectivity index (χ1v) is 13.7. The van der Waals surface area contributed by atoms with Crippen molar-refractivity contribution in [3.05, 3.63) is 139 Å². The van der Waals surface area contributed by atoms with Gasteiger partial charge in [0.25, 0.3) is 0 Å². The first kappa shape index (κ1) is 31.4. The minimum absolute atomic E-state index is 0. The van der Waals surface area contributed by atoms with Crippen molar-refractivity contribution in [2.24, 2.45) is 11.7 Å². The van der Waals surface area contributed by atoms with Crippen LogP contribution < -0.4 is 10.5 Å². The van der Waals surface area contributed by atoms with Crippen LogP contribution in [0.1, 0.15) is 49.5 Å². The molecule has 3 aromatic carbocycles. The first-order chi connectivity index (χ1) is 17.2. The zero-order valence-corrected chi connectivity index (χ0v) is 24.3. The SMILES string of the molecule is C[C]1[CH][CH][C](C(C)C)[CH][CH]1.Cc1ccc(S(=O)(=O)N[C@H](c2ccccc2)[C@H](N)c2ccccc2)cc1.[Ru+3]. The molecule has 1 aliphatic rings. The van der Waals surface area contributed by atoms with Gasteiger partial charge in [0.15, 0.2) is 0 Å². The minimum Gasteiger partial charge on any atom is -0.322 e. The average Bonchev–Trinajstić information content (AvgIpc) is 2.89. The maximum absolute atomic E-state index is 12.9. The Bertz CT molecular complexity index is 1140.